The van der Waals surface area contributed by atoms with Crippen LogP contribution < -0.4 is 5.56 Å². The minimum Gasteiger partial charge on any atom is -0.393 e. The summed E-state index contributed by atoms with van der Waals surface area (Å²) in [6, 6.07) is 16.1. The van der Waals surface area contributed by atoms with Crippen molar-refractivity contribution in [1.82, 2.24) is 9.88 Å². The predicted molar refractivity (Wildman–Crippen MR) is 107 cm³/mol. The number of aliphatic hydroxyl groups is 1. The Bertz CT molecular complexity index is 943. The third-order valence-electron chi connectivity index (χ3n) is 4.75. The van der Waals surface area contributed by atoms with Crippen LogP contribution in [0.3, 0.4) is 0 Å². The number of hydrogen-bond acceptors (Lipinski definition) is 3. The van der Waals surface area contributed by atoms with Crippen molar-refractivity contribution in [3.8, 4) is 11.3 Å². The van der Waals surface area contributed by atoms with Crippen LogP contribution in [0, 0.1) is 6.92 Å². The first kappa shape index (κ1) is 18.4. The summed E-state index contributed by atoms with van der Waals surface area (Å²) < 4.78 is 0. The first-order chi connectivity index (χ1) is 12.4. The Morgan fingerprint density at radius 1 is 1.12 bits per heavy atom. The van der Waals surface area contributed by atoms with Crippen LogP contribution in [-0.4, -0.2) is 34.7 Å². The molecule has 0 radical (unpaired) electrons. The molecule has 0 aliphatic heterocycles. The van der Waals surface area contributed by atoms with Crippen LogP contribution in [0.15, 0.2) is 53.3 Å². The van der Waals surface area contributed by atoms with E-state index in [9.17, 15) is 9.90 Å². The second kappa shape index (κ2) is 7.85. The number of aryl methyl sites for hydroxylation is 1. The third kappa shape index (κ3) is 4.21. The molecule has 1 atom stereocenters. The van der Waals surface area contributed by atoms with E-state index in [0.29, 0.717) is 0 Å². The summed E-state index contributed by atoms with van der Waals surface area (Å²) in [6.07, 6.45) is 0.500. The van der Waals surface area contributed by atoms with Crippen molar-refractivity contribution in [1.29, 1.82) is 0 Å². The standard InChI is InChI=1S/C22H26N2O2/c1-15-5-4-6-19-20(15)13-21(23-22(19)26)18-9-7-17(8-10-18)14-24(3)12-11-16(2)25/h4-10,13,16,25H,11-12,14H2,1-3H3,(H,23,26). The molecule has 0 saturated carbocycles. The topological polar surface area (TPSA) is 56.3 Å². The fourth-order valence-electron chi connectivity index (χ4n) is 3.18. The Morgan fingerprint density at radius 2 is 1.85 bits per heavy atom. The highest BCUT2D eigenvalue weighted by atomic mass is 16.3. The second-order valence-electron chi connectivity index (χ2n) is 7.12. The van der Waals surface area contributed by atoms with E-state index in [4.69, 9.17) is 0 Å². The lowest BCUT2D eigenvalue weighted by Crippen LogP contribution is -2.22. The molecule has 4 nitrogen and oxygen atoms in total. The number of aromatic amines is 1. The number of benzene rings is 2. The van der Waals surface area contributed by atoms with E-state index in [1.807, 2.05) is 44.2 Å². The number of aliphatic hydroxyl groups excluding tert-OH is 1. The average Bonchev–Trinajstić information content (AvgIpc) is 2.61. The largest absolute Gasteiger partial charge is 0.393 e. The lowest BCUT2D eigenvalue weighted by molar-refractivity contribution is 0.163. The van der Waals surface area contributed by atoms with Crippen molar-refractivity contribution >= 4 is 10.8 Å². The zero-order valence-corrected chi connectivity index (χ0v) is 15.6. The van der Waals surface area contributed by atoms with Gasteiger partial charge in [-0.05, 0) is 61.5 Å². The number of aromatic nitrogens is 1. The first-order valence-corrected chi connectivity index (χ1v) is 9.02. The molecular formula is C22H26N2O2. The molecule has 0 aliphatic carbocycles. The molecule has 0 saturated heterocycles. The number of pyridine rings is 1. The van der Waals surface area contributed by atoms with Gasteiger partial charge in [0.25, 0.3) is 5.56 Å². The van der Waals surface area contributed by atoms with Gasteiger partial charge in [-0.2, -0.15) is 0 Å². The molecule has 4 heteroatoms. The summed E-state index contributed by atoms with van der Waals surface area (Å²) in [6.45, 7) is 5.53. The Morgan fingerprint density at radius 3 is 2.54 bits per heavy atom. The molecule has 1 heterocycles. The van der Waals surface area contributed by atoms with Gasteiger partial charge in [-0.25, -0.2) is 0 Å². The fraction of sp³-hybridized carbons (Fsp3) is 0.318. The molecule has 0 aliphatic rings. The molecule has 2 aromatic carbocycles. The third-order valence-corrected chi connectivity index (χ3v) is 4.75. The highest BCUT2D eigenvalue weighted by Gasteiger charge is 2.07. The van der Waals surface area contributed by atoms with Gasteiger partial charge in [0, 0.05) is 24.2 Å². The van der Waals surface area contributed by atoms with E-state index < -0.39 is 0 Å². The molecule has 0 bridgehead atoms. The maximum absolute atomic E-state index is 12.4. The van der Waals surface area contributed by atoms with Crippen LogP contribution in [0.1, 0.15) is 24.5 Å². The normalized spacial score (nSPS) is 12.7. The highest BCUT2D eigenvalue weighted by molar-refractivity contribution is 5.87. The summed E-state index contributed by atoms with van der Waals surface area (Å²) in [4.78, 5) is 17.6. The molecule has 2 N–H and O–H groups in total. The average molecular weight is 350 g/mol. The maximum atomic E-state index is 12.4. The minimum absolute atomic E-state index is 0.0527. The van der Waals surface area contributed by atoms with Crippen molar-refractivity contribution < 1.29 is 5.11 Å². The van der Waals surface area contributed by atoms with E-state index in [1.165, 1.54) is 5.56 Å². The Balaban J connectivity index is 1.82. The first-order valence-electron chi connectivity index (χ1n) is 9.02. The van der Waals surface area contributed by atoms with E-state index in [2.05, 4.69) is 35.1 Å². The monoisotopic (exact) mass is 350 g/mol. The Kier molecular flexibility index (Phi) is 5.55. The number of fused-ring (bicyclic) bond motifs is 1. The van der Waals surface area contributed by atoms with Crippen molar-refractivity contribution in [2.75, 3.05) is 13.6 Å². The molecule has 1 unspecified atom stereocenters. The molecule has 0 amide bonds. The van der Waals surface area contributed by atoms with Gasteiger partial charge >= 0.3 is 0 Å². The second-order valence-corrected chi connectivity index (χ2v) is 7.12. The molecule has 3 aromatic rings. The molecule has 0 fully saturated rings. The SMILES string of the molecule is Cc1cccc2c(=O)[nH]c(-c3ccc(CN(C)CCC(C)O)cc3)cc12. The van der Waals surface area contributed by atoms with Crippen LogP contribution in [0.5, 0.6) is 0 Å². The summed E-state index contributed by atoms with van der Waals surface area (Å²) in [7, 11) is 2.06. The van der Waals surface area contributed by atoms with Crippen molar-refractivity contribution in [3.63, 3.8) is 0 Å². The summed E-state index contributed by atoms with van der Waals surface area (Å²) in [5, 5.41) is 11.1. The number of nitrogens with one attached hydrogen (secondary N) is 1. The number of H-pyrrole nitrogens is 1. The van der Waals surface area contributed by atoms with Crippen LogP contribution in [0.25, 0.3) is 22.0 Å². The molecule has 0 spiro atoms. The smallest absolute Gasteiger partial charge is 0.256 e. The Labute approximate surface area is 154 Å². The fourth-order valence-corrected chi connectivity index (χ4v) is 3.18. The van der Waals surface area contributed by atoms with Crippen molar-refractivity contribution in [2.45, 2.75) is 32.9 Å². The molecule has 3 rings (SSSR count). The van der Waals surface area contributed by atoms with Gasteiger partial charge in [0.2, 0.25) is 0 Å². The van der Waals surface area contributed by atoms with E-state index in [-0.39, 0.29) is 11.7 Å². The lowest BCUT2D eigenvalue weighted by Gasteiger charge is -2.17. The zero-order valence-electron chi connectivity index (χ0n) is 15.6. The lowest BCUT2D eigenvalue weighted by atomic mass is 10.0. The van der Waals surface area contributed by atoms with Crippen molar-refractivity contribution in [3.05, 3.63) is 70.0 Å². The van der Waals surface area contributed by atoms with Gasteiger partial charge in [0.1, 0.15) is 0 Å². The van der Waals surface area contributed by atoms with Gasteiger partial charge < -0.3 is 15.0 Å². The highest BCUT2D eigenvalue weighted by Crippen LogP contribution is 2.22. The van der Waals surface area contributed by atoms with Gasteiger partial charge in [0.15, 0.2) is 0 Å². The number of rotatable bonds is 6. The van der Waals surface area contributed by atoms with Gasteiger partial charge in [0.05, 0.1) is 6.10 Å². The van der Waals surface area contributed by atoms with Gasteiger partial charge in [-0.3, -0.25) is 4.79 Å². The zero-order chi connectivity index (χ0) is 18.7. The summed E-state index contributed by atoms with van der Waals surface area (Å²) in [5.41, 5.74) is 4.10. The van der Waals surface area contributed by atoms with E-state index >= 15 is 0 Å². The maximum Gasteiger partial charge on any atom is 0.256 e. The Hall–Kier alpha value is -2.43. The van der Waals surface area contributed by atoms with Crippen LogP contribution in [0.2, 0.25) is 0 Å². The number of nitrogens with zero attached hydrogens (tertiary/aromatic N) is 1. The summed E-state index contributed by atoms with van der Waals surface area (Å²) in [5.74, 6) is 0. The summed E-state index contributed by atoms with van der Waals surface area (Å²) >= 11 is 0. The van der Waals surface area contributed by atoms with Gasteiger partial charge in [-0.1, -0.05) is 36.4 Å². The van der Waals surface area contributed by atoms with Gasteiger partial charge in [-0.15, -0.1) is 0 Å². The number of hydrogen-bond donors (Lipinski definition) is 2. The van der Waals surface area contributed by atoms with Crippen molar-refractivity contribution in [2.24, 2.45) is 0 Å². The van der Waals surface area contributed by atoms with Crippen LogP contribution in [-0.2, 0) is 6.54 Å². The molecule has 136 valence electrons. The van der Waals surface area contributed by atoms with E-state index in [1.54, 1.807) is 0 Å². The predicted octanol–water partition coefficient (Wildman–Crippen LogP) is 3.71. The molecule has 26 heavy (non-hydrogen) atoms. The molecule has 1 aromatic heterocycles. The quantitative estimate of drug-likeness (QED) is 0.713. The van der Waals surface area contributed by atoms with E-state index in [0.717, 1.165) is 47.1 Å². The minimum atomic E-state index is -0.270. The van der Waals surface area contributed by atoms with Crippen LogP contribution in [0.4, 0.5) is 0 Å². The van der Waals surface area contributed by atoms with Crippen LogP contribution >= 0.6 is 0 Å². The molecular weight excluding hydrogens is 324 g/mol.